The van der Waals surface area contributed by atoms with Crippen molar-refractivity contribution in [3.8, 4) is 0 Å². The summed E-state index contributed by atoms with van der Waals surface area (Å²) in [5.41, 5.74) is 0. The molecule has 5 heteroatoms. The quantitative estimate of drug-likeness (QED) is 0.739. The molecule has 1 rings (SSSR count). The summed E-state index contributed by atoms with van der Waals surface area (Å²) in [5, 5.41) is 2.71. The SMILES string of the molecule is CCC(C(C)=O)N1CC(NC(C)=O)CC1=O. The maximum Gasteiger partial charge on any atom is 0.225 e. The lowest BCUT2D eigenvalue weighted by atomic mass is 10.1. The Morgan fingerprint density at radius 3 is 2.56 bits per heavy atom. The summed E-state index contributed by atoms with van der Waals surface area (Å²) in [7, 11) is 0. The fourth-order valence-electron chi connectivity index (χ4n) is 2.14. The third-order valence-electron chi connectivity index (χ3n) is 2.80. The molecule has 0 aromatic rings. The van der Waals surface area contributed by atoms with Crippen molar-refractivity contribution >= 4 is 17.6 Å². The summed E-state index contributed by atoms with van der Waals surface area (Å²) in [6.45, 7) is 5.24. The molecule has 1 saturated heterocycles. The second kappa shape index (κ2) is 5.09. The van der Waals surface area contributed by atoms with Crippen molar-refractivity contribution in [1.82, 2.24) is 10.2 Å². The van der Waals surface area contributed by atoms with Gasteiger partial charge in [-0.2, -0.15) is 0 Å². The lowest BCUT2D eigenvalue weighted by molar-refractivity contribution is -0.135. The molecule has 1 N–H and O–H groups in total. The monoisotopic (exact) mass is 226 g/mol. The number of Topliss-reactive ketones (excluding diaryl/α,β-unsaturated/α-hetero) is 1. The van der Waals surface area contributed by atoms with Crippen LogP contribution in [0.1, 0.15) is 33.6 Å². The molecule has 1 aliphatic heterocycles. The van der Waals surface area contributed by atoms with E-state index in [4.69, 9.17) is 0 Å². The number of nitrogens with zero attached hydrogens (tertiary/aromatic N) is 1. The van der Waals surface area contributed by atoms with Crippen molar-refractivity contribution in [2.45, 2.75) is 45.7 Å². The average Bonchev–Trinajstić information content (AvgIpc) is 2.46. The summed E-state index contributed by atoms with van der Waals surface area (Å²) in [6.07, 6.45) is 0.914. The van der Waals surface area contributed by atoms with Gasteiger partial charge in [-0.05, 0) is 13.3 Å². The number of carbonyl (C=O) groups is 3. The van der Waals surface area contributed by atoms with E-state index in [1.165, 1.54) is 13.8 Å². The van der Waals surface area contributed by atoms with Crippen molar-refractivity contribution in [3.63, 3.8) is 0 Å². The molecule has 2 amide bonds. The van der Waals surface area contributed by atoms with Crippen LogP contribution in [-0.4, -0.2) is 41.1 Å². The maximum absolute atomic E-state index is 11.7. The van der Waals surface area contributed by atoms with E-state index in [9.17, 15) is 14.4 Å². The predicted molar refractivity (Wildman–Crippen MR) is 58.7 cm³/mol. The molecule has 0 saturated carbocycles. The van der Waals surface area contributed by atoms with Crippen molar-refractivity contribution in [3.05, 3.63) is 0 Å². The van der Waals surface area contributed by atoms with Crippen molar-refractivity contribution in [2.75, 3.05) is 6.54 Å². The van der Waals surface area contributed by atoms with Gasteiger partial charge in [0.15, 0.2) is 5.78 Å². The number of ketones is 1. The number of carbonyl (C=O) groups excluding carboxylic acids is 3. The van der Waals surface area contributed by atoms with Gasteiger partial charge >= 0.3 is 0 Å². The first-order chi connectivity index (χ1) is 7.45. The molecular weight excluding hydrogens is 208 g/mol. The maximum atomic E-state index is 11.7. The van der Waals surface area contributed by atoms with Crippen LogP contribution >= 0.6 is 0 Å². The molecule has 0 bridgehead atoms. The fourth-order valence-corrected chi connectivity index (χ4v) is 2.14. The number of hydrogen-bond acceptors (Lipinski definition) is 3. The normalized spacial score (nSPS) is 22.1. The minimum absolute atomic E-state index is 0.000625. The smallest absolute Gasteiger partial charge is 0.225 e. The zero-order chi connectivity index (χ0) is 12.3. The van der Waals surface area contributed by atoms with E-state index in [0.29, 0.717) is 19.4 Å². The molecule has 0 aromatic heterocycles. The molecule has 1 heterocycles. The van der Waals surface area contributed by atoms with Crippen LogP contribution in [0.3, 0.4) is 0 Å². The standard InChI is InChI=1S/C11H18N2O3/c1-4-10(7(2)14)13-6-9(5-11(13)16)12-8(3)15/h9-10H,4-6H2,1-3H3,(H,12,15). The van der Waals surface area contributed by atoms with Crippen molar-refractivity contribution in [2.24, 2.45) is 0 Å². The van der Waals surface area contributed by atoms with Crippen molar-refractivity contribution in [1.29, 1.82) is 0 Å². The molecule has 2 unspecified atom stereocenters. The summed E-state index contributed by atoms with van der Waals surface area (Å²) in [4.78, 5) is 35.5. The van der Waals surface area contributed by atoms with Crippen molar-refractivity contribution < 1.29 is 14.4 Å². The topological polar surface area (TPSA) is 66.5 Å². The largest absolute Gasteiger partial charge is 0.351 e. The highest BCUT2D eigenvalue weighted by Crippen LogP contribution is 2.17. The first-order valence-corrected chi connectivity index (χ1v) is 5.52. The van der Waals surface area contributed by atoms with E-state index in [-0.39, 0.29) is 29.7 Å². The van der Waals surface area contributed by atoms with Crippen LogP contribution in [0.15, 0.2) is 0 Å². The molecule has 1 aliphatic rings. The Morgan fingerprint density at radius 2 is 2.12 bits per heavy atom. The van der Waals surface area contributed by atoms with Crippen LogP contribution in [0.4, 0.5) is 0 Å². The summed E-state index contributed by atoms with van der Waals surface area (Å²) < 4.78 is 0. The molecule has 90 valence electrons. The van der Waals surface area contributed by atoms with Gasteiger partial charge in [0.25, 0.3) is 0 Å². The van der Waals surface area contributed by atoms with Gasteiger partial charge in [-0.1, -0.05) is 6.92 Å². The highest BCUT2D eigenvalue weighted by Gasteiger charge is 2.35. The lowest BCUT2D eigenvalue weighted by Crippen LogP contribution is -2.43. The fraction of sp³-hybridized carbons (Fsp3) is 0.727. The minimum atomic E-state index is -0.341. The van der Waals surface area contributed by atoms with Crippen LogP contribution in [0, 0.1) is 0 Å². The number of nitrogens with one attached hydrogen (secondary N) is 1. The minimum Gasteiger partial charge on any atom is -0.351 e. The second-order valence-electron chi connectivity index (χ2n) is 4.18. The third kappa shape index (κ3) is 2.81. The predicted octanol–water partition coefficient (Wildman–Crippen LogP) is 0.0910. The Morgan fingerprint density at radius 1 is 1.50 bits per heavy atom. The molecule has 0 aromatic carbocycles. The highest BCUT2D eigenvalue weighted by atomic mass is 16.2. The summed E-state index contributed by atoms with van der Waals surface area (Å²) in [5.74, 6) is -0.198. The Balaban J connectivity index is 2.66. The second-order valence-corrected chi connectivity index (χ2v) is 4.18. The Kier molecular flexibility index (Phi) is 4.04. The molecule has 1 fully saturated rings. The number of amides is 2. The molecule has 0 spiro atoms. The molecule has 0 radical (unpaired) electrons. The van der Waals surface area contributed by atoms with Gasteiger partial charge in [-0.3, -0.25) is 14.4 Å². The average molecular weight is 226 g/mol. The molecule has 5 nitrogen and oxygen atoms in total. The van der Waals surface area contributed by atoms with Gasteiger partial charge in [0.1, 0.15) is 0 Å². The van der Waals surface area contributed by atoms with Crippen LogP contribution in [-0.2, 0) is 14.4 Å². The van der Waals surface area contributed by atoms with Gasteiger partial charge in [0, 0.05) is 19.9 Å². The number of hydrogen-bond donors (Lipinski definition) is 1. The van der Waals surface area contributed by atoms with Gasteiger partial charge in [0.05, 0.1) is 12.1 Å². The summed E-state index contributed by atoms with van der Waals surface area (Å²) in [6, 6.07) is -0.496. The van der Waals surface area contributed by atoms with E-state index in [0.717, 1.165) is 0 Å². The number of rotatable bonds is 4. The van der Waals surface area contributed by atoms with E-state index in [2.05, 4.69) is 5.32 Å². The van der Waals surface area contributed by atoms with Crippen LogP contribution in [0.5, 0.6) is 0 Å². The first kappa shape index (κ1) is 12.7. The van der Waals surface area contributed by atoms with Crippen LogP contribution in [0.25, 0.3) is 0 Å². The van der Waals surface area contributed by atoms with E-state index >= 15 is 0 Å². The van der Waals surface area contributed by atoms with Crippen LogP contribution in [0.2, 0.25) is 0 Å². The zero-order valence-corrected chi connectivity index (χ0v) is 9.95. The van der Waals surface area contributed by atoms with Gasteiger partial charge in [-0.15, -0.1) is 0 Å². The van der Waals surface area contributed by atoms with Crippen LogP contribution < -0.4 is 5.32 Å². The Bertz CT molecular complexity index is 314. The van der Waals surface area contributed by atoms with E-state index in [1.54, 1.807) is 4.90 Å². The van der Waals surface area contributed by atoms with E-state index in [1.807, 2.05) is 6.92 Å². The Labute approximate surface area is 95.2 Å². The number of likely N-dealkylation sites (tertiary alicyclic amines) is 1. The van der Waals surface area contributed by atoms with E-state index < -0.39 is 0 Å². The third-order valence-corrected chi connectivity index (χ3v) is 2.80. The lowest BCUT2D eigenvalue weighted by Gasteiger charge is -2.24. The van der Waals surface area contributed by atoms with Gasteiger partial charge in [0.2, 0.25) is 11.8 Å². The molecular formula is C11H18N2O3. The molecule has 2 atom stereocenters. The van der Waals surface area contributed by atoms with Gasteiger partial charge in [-0.25, -0.2) is 0 Å². The summed E-state index contributed by atoms with van der Waals surface area (Å²) >= 11 is 0. The molecule has 16 heavy (non-hydrogen) atoms. The van der Waals surface area contributed by atoms with Gasteiger partial charge < -0.3 is 10.2 Å². The first-order valence-electron chi connectivity index (χ1n) is 5.52. The Hall–Kier alpha value is -1.39. The highest BCUT2D eigenvalue weighted by molar-refractivity contribution is 5.89. The molecule has 0 aliphatic carbocycles. The zero-order valence-electron chi connectivity index (χ0n) is 9.95.